The summed E-state index contributed by atoms with van der Waals surface area (Å²) in [5.74, 6) is 0.664. The molecule has 0 aromatic carbocycles. The molecule has 1 amide bonds. The Balaban J connectivity index is 2.19. The summed E-state index contributed by atoms with van der Waals surface area (Å²) in [5, 5.41) is 12.7. The van der Waals surface area contributed by atoms with Crippen LogP contribution >= 0.6 is 0 Å². The van der Waals surface area contributed by atoms with E-state index in [2.05, 4.69) is 19.2 Å². The van der Waals surface area contributed by atoms with Crippen molar-refractivity contribution in [2.75, 3.05) is 6.54 Å². The Morgan fingerprint density at radius 3 is 2.40 bits per heavy atom. The van der Waals surface area contributed by atoms with Crippen LogP contribution in [0.25, 0.3) is 0 Å². The number of hydrogen-bond acceptors (Lipinski definition) is 2. The van der Waals surface area contributed by atoms with Gasteiger partial charge in [0.15, 0.2) is 0 Å². The van der Waals surface area contributed by atoms with E-state index in [9.17, 15) is 9.90 Å². The largest absolute Gasteiger partial charge is 0.391 e. The number of hydrogen-bond donors (Lipinski definition) is 2. The van der Waals surface area contributed by atoms with E-state index < -0.39 is 0 Å². The number of amides is 1. The zero-order chi connectivity index (χ0) is 11.3. The van der Waals surface area contributed by atoms with Gasteiger partial charge >= 0.3 is 0 Å². The standard InChI is InChI=1S/C12H23NO2/c1-3-9(4-2)11(14)8-13-12(15)10-6-5-7-10/h9-11,14H,3-8H2,1-2H3,(H,13,15). The molecule has 3 nitrogen and oxygen atoms in total. The molecule has 0 aromatic rings. The normalized spacial score (nSPS) is 18.7. The minimum Gasteiger partial charge on any atom is -0.391 e. The number of nitrogens with one attached hydrogen (secondary N) is 1. The third-order valence-corrected chi connectivity index (χ3v) is 3.55. The smallest absolute Gasteiger partial charge is 0.223 e. The molecule has 0 radical (unpaired) electrons. The highest BCUT2D eigenvalue weighted by molar-refractivity contribution is 5.79. The Morgan fingerprint density at radius 2 is 2.00 bits per heavy atom. The quantitative estimate of drug-likeness (QED) is 0.705. The second-order valence-electron chi connectivity index (χ2n) is 4.52. The number of aliphatic hydroxyl groups is 1. The Kier molecular flexibility index (Phi) is 5.09. The van der Waals surface area contributed by atoms with E-state index in [1.807, 2.05) is 0 Å². The molecule has 0 aliphatic heterocycles. The van der Waals surface area contributed by atoms with Crippen LogP contribution in [0.3, 0.4) is 0 Å². The monoisotopic (exact) mass is 213 g/mol. The van der Waals surface area contributed by atoms with Gasteiger partial charge in [0.25, 0.3) is 0 Å². The molecule has 1 aliphatic rings. The van der Waals surface area contributed by atoms with Crippen molar-refractivity contribution in [1.29, 1.82) is 0 Å². The number of rotatable bonds is 6. The second-order valence-corrected chi connectivity index (χ2v) is 4.52. The van der Waals surface area contributed by atoms with Crippen LogP contribution in [0.4, 0.5) is 0 Å². The second kappa shape index (κ2) is 6.11. The minimum atomic E-state index is -0.385. The summed E-state index contributed by atoms with van der Waals surface area (Å²) >= 11 is 0. The molecule has 1 saturated carbocycles. The maximum Gasteiger partial charge on any atom is 0.223 e. The van der Waals surface area contributed by atoms with Crippen molar-refractivity contribution in [2.24, 2.45) is 11.8 Å². The molecule has 1 aliphatic carbocycles. The molecule has 3 heteroatoms. The molecule has 0 spiro atoms. The lowest BCUT2D eigenvalue weighted by atomic mass is 9.84. The molecule has 0 heterocycles. The summed E-state index contributed by atoms with van der Waals surface area (Å²) in [6, 6.07) is 0. The van der Waals surface area contributed by atoms with Crippen LogP contribution in [0.5, 0.6) is 0 Å². The van der Waals surface area contributed by atoms with Gasteiger partial charge in [0.2, 0.25) is 5.91 Å². The van der Waals surface area contributed by atoms with Crippen molar-refractivity contribution in [2.45, 2.75) is 52.1 Å². The molecule has 15 heavy (non-hydrogen) atoms. The van der Waals surface area contributed by atoms with Crippen LogP contribution in [-0.4, -0.2) is 23.7 Å². The van der Waals surface area contributed by atoms with Gasteiger partial charge in [0.05, 0.1) is 6.10 Å². The van der Waals surface area contributed by atoms with Gasteiger partial charge in [0, 0.05) is 12.5 Å². The molecule has 2 N–H and O–H groups in total. The zero-order valence-corrected chi connectivity index (χ0v) is 9.83. The SMILES string of the molecule is CCC(CC)C(O)CNC(=O)C1CCC1. The predicted octanol–water partition coefficient (Wildman–Crippen LogP) is 1.70. The lowest BCUT2D eigenvalue weighted by Gasteiger charge is -2.26. The highest BCUT2D eigenvalue weighted by Crippen LogP contribution is 2.26. The summed E-state index contributed by atoms with van der Waals surface area (Å²) < 4.78 is 0. The molecular formula is C12H23NO2. The first kappa shape index (κ1) is 12.5. The Labute approximate surface area is 92.3 Å². The summed E-state index contributed by atoms with van der Waals surface area (Å²) in [6.07, 6.45) is 4.77. The Bertz CT molecular complexity index is 198. The molecule has 1 rings (SSSR count). The average Bonchev–Trinajstić information content (AvgIpc) is 2.14. The fourth-order valence-electron chi connectivity index (χ4n) is 2.02. The van der Waals surface area contributed by atoms with E-state index in [0.29, 0.717) is 12.5 Å². The number of carbonyl (C=O) groups excluding carboxylic acids is 1. The van der Waals surface area contributed by atoms with E-state index >= 15 is 0 Å². The minimum absolute atomic E-state index is 0.131. The fourth-order valence-corrected chi connectivity index (χ4v) is 2.02. The van der Waals surface area contributed by atoms with Gasteiger partial charge in [-0.3, -0.25) is 4.79 Å². The average molecular weight is 213 g/mol. The predicted molar refractivity (Wildman–Crippen MR) is 60.4 cm³/mol. The van der Waals surface area contributed by atoms with E-state index in [1.54, 1.807) is 0 Å². The maximum atomic E-state index is 11.5. The lowest BCUT2D eigenvalue weighted by Crippen LogP contribution is -2.40. The Morgan fingerprint density at radius 1 is 1.40 bits per heavy atom. The molecular weight excluding hydrogens is 190 g/mol. The fraction of sp³-hybridized carbons (Fsp3) is 0.917. The van der Waals surface area contributed by atoms with Gasteiger partial charge < -0.3 is 10.4 Å². The van der Waals surface area contributed by atoms with E-state index in [0.717, 1.165) is 25.7 Å². The van der Waals surface area contributed by atoms with Crippen LogP contribution in [0, 0.1) is 11.8 Å². The van der Waals surface area contributed by atoms with Crippen LogP contribution in [0.2, 0.25) is 0 Å². The topological polar surface area (TPSA) is 49.3 Å². The summed E-state index contributed by atoms with van der Waals surface area (Å²) in [7, 11) is 0. The van der Waals surface area contributed by atoms with Gasteiger partial charge in [-0.25, -0.2) is 0 Å². The summed E-state index contributed by atoms with van der Waals surface area (Å²) in [4.78, 5) is 11.5. The maximum absolute atomic E-state index is 11.5. The third-order valence-electron chi connectivity index (χ3n) is 3.55. The zero-order valence-electron chi connectivity index (χ0n) is 9.83. The van der Waals surface area contributed by atoms with Gasteiger partial charge in [0.1, 0.15) is 0 Å². The summed E-state index contributed by atoms with van der Waals surface area (Å²) in [6.45, 7) is 4.57. The van der Waals surface area contributed by atoms with E-state index in [4.69, 9.17) is 0 Å². The van der Waals surface area contributed by atoms with Crippen LogP contribution in [-0.2, 0) is 4.79 Å². The van der Waals surface area contributed by atoms with Crippen LogP contribution < -0.4 is 5.32 Å². The number of carbonyl (C=O) groups is 1. The van der Waals surface area contributed by atoms with Crippen LogP contribution in [0.15, 0.2) is 0 Å². The molecule has 1 atom stereocenters. The van der Waals surface area contributed by atoms with E-state index in [1.165, 1.54) is 6.42 Å². The first-order chi connectivity index (χ1) is 7.19. The first-order valence-corrected chi connectivity index (χ1v) is 6.14. The third kappa shape index (κ3) is 3.49. The highest BCUT2D eigenvalue weighted by Gasteiger charge is 2.25. The molecule has 1 fully saturated rings. The molecule has 88 valence electrons. The van der Waals surface area contributed by atoms with Crippen molar-refractivity contribution >= 4 is 5.91 Å². The first-order valence-electron chi connectivity index (χ1n) is 6.14. The molecule has 1 unspecified atom stereocenters. The van der Waals surface area contributed by atoms with E-state index in [-0.39, 0.29) is 17.9 Å². The van der Waals surface area contributed by atoms with Crippen molar-refractivity contribution in [3.63, 3.8) is 0 Å². The molecule has 0 bridgehead atoms. The van der Waals surface area contributed by atoms with Gasteiger partial charge in [-0.1, -0.05) is 33.1 Å². The molecule has 0 saturated heterocycles. The lowest BCUT2D eigenvalue weighted by molar-refractivity contribution is -0.128. The summed E-state index contributed by atoms with van der Waals surface area (Å²) in [5.41, 5.74) is 0. The Hall–Kier alpha value is -0.570. The van der Waals surface area contributed by atoms with Crippen molar-refractivity contribution < 1.29 is 9.90 Å². The van der Waals surface area contributed by atoms with Gasteiger partial charge in [-0.2, -0.15) is 0 Å². The van der Waals surface area contributed by atoms with Crippen molar-refractivity contribution in [3.05, 3.63) is 0 Å². The van der Waals surface area contributed by atoms with Crippen molar-refractivity contribution in [3.8, 4) is 0 Å². The molecule has 0 aromatic heterocycles. The highest BCUT2D eigenvalue weighted by atomic mass is 16.3. The van der Waals surface area contributed by atoms with Crippen LogP contribution in [0.1, 0.15) is 46.0 Å². The van der Waals surface area contributed by atoms with Crippen molar-refractivity contribution in [1.82, 2.24) is 5.32 Å². The van der Waals surface area contributed by atoms with Gasteiger partial charge in [-0.05, 0) is 18.8 Å². The number of aliphatic hydroxyl groups excluding tert-OH is 1. The van der Waals surface area contributed by atoms with Gasteiger partial charge in [-0.15, -0.1) is 0 Å².